The Bertz CT molecular complexity index is 1520. The van der Waals surface area contributed by atoms with Gasteiger partial charge in [-0.2, -0.15) is 0 Å². The number of aromatic amines is 1. The number of aromatic nitrogens is 4. The summed E-state index contributed by atoms with van der Waals surface area (Å²) in [5.74, 6) is 0.753. The molecule has 1 fully saturated rings. The lowest BCUT2D eigenvalue weighted by molar-refractivity contribution is 0.503. The van der Waals surface area contributed by atoms with Crippen molar-refractivity contribution in [3.8, 4) is 0 Å². The van der Waals surface area contributed by atoms with Crippen LogP contribution < -0.4 is 11.1 Å². The molecule has 0 amide bonds. The third kappa shape index (κ3) is 6.92. The van der Waals surface area contributed by atoms with Crippen LogP contribution in [-0.4, -0.2) is 32.6 Å². The number of allylic oxidation sites excluding steroid dienone is 5. The second-order valence-corrected chi connectivity index (χ2v) is 10.6. The second kappa shape index (κ2) is 13.4. The highest BCUT2D eigenvalue weighted by Crippen LogP contribution is 2.33. The maximum atomic E-state index is 15.2. The highest BCUT2D eigenvalue weighted by Gasteiger charge is 2.19. The zero-order chi connectivity index (χ0) is 29.5. The Hall–Kier alpha value is -4.23. The predicted molar refractivity (Wildman–Crippen MR) is 170 cm³/mol. The van der Waals surface area contributed by atoms with Crippen LogP contribution in [0.5, 0.6) is 0 Å². The van der Waals surface area contributed by atoms with Crippen LogP contribution in [0.15, 0.2) is 80.3 Å². The van der Waals surface area contributed by atoms with E-state index in [9.17, 15) is 0 Å². The normalized spacial score (nSPS) is 15.0. The number of nitrogens with zero attached hydrogens (tertiary/aromatic N) is 3. The van der Waals surface area contributed by atoms with E-state index >= 15 is 4.39 Å². The monoisotopic (exact) mass is 552 g/mol. The van der Waals surface area contributed by atoms with Crippen molar-refractivity contribution in [2.24, 2.45) is 5.92 Å². The van der Waals surface area contributed by atoms with Gasteiger partial charge in [-0.05, 0) is 81.0 Å². The van der Waals surface area contributed by atoms with Gasteiger partial charge in [0.25, 0.3) is 0 Å². The summed E-state index contributed by atoms with van der Waals surface area (Å²) >= 11 is 0. The minimum atomic E-state index is -0.504. The Labute approximate surface area is 243 Å². The van der Waals surface area contributed by atoms with Gasteiger partial charge in [0.1, 0.15) is 17.3 Å². The fourth-order valence-corrected chi connectivity index (χ4v) is 5.32. The number of benzene rings is 1. The minimum Gasteiger partial charge on any atom is -0.396 e. The summed E-state index contributed by atoms with van der Waals surface area (Å²) in [7, 11) is 0. The van der Waals surface area contributed by atoms with Crippen LogP contribution in [0.2, 0.25) is 0 Å². The van der Waals surface area contributed by atoms with Gasteiger partial charge in [-0.15, -0.1) is 0 Å². The van der Waals surface area contributed by atoms with E-state index in [2.05, 4.69) is 35.0 Å². The van der Waals surface area contributed by atoms with Crippen molar-refractivity contribution in [2.45, 2.75) is 46.5 Å². The van der Waals surface area contributed by atoms with E-state index in [-0.39, 0.29) is 5.69 Å². The van der Waals surface area contributed by atoms with E-state index in [0.29, 0.717) is 34.8 Å². The van der Waals surface area contributed by atoms with Crippen molar-refractivity contribution < 1.29 is 4.39 Å². The largest absolute Gasteiger partial charge is 0.396 e. The molecule has 1 aromatic carbocycles. The molecule has 0 aliphatic heterocycles. The number of anilines is 1. The van der Waals surface area contributed by atoms with Crippen molar-refractivity contribution in [1.82, 2.24) is 24.8 Å². The van der Waals surface area contributed by atoms with Gasteiger partial charge in [-0.25, -0.2) is 14.4 Å². The van der Waals surface area contributed by atoms with Crippen LogP contribution in [0.25, 0.3) is 16.8 Å². The fourth-order valence-electron chi connectivity index (χ4n) is 5.32. The molecule has 3 aromatic rings. The standard InChI is InChI=1S/C34H41FN6/c1-7-12-31(41-20-22(4)38-21-41)33-24(6)39-34(40-33)23(5)29-16-28(17-30(35)32(29)36)27(9-3)15-25(8-2)18-37-19-26-13-10-11-14-26/h7-9,12,15-17,20-21,26,37H,1-2,5,10-11,13-14,18-19,36H2,3-4,6H3,(H,39,40)/b25-15+,27-9+,31-12+. The van der Waals surface area contributed by atoms with Crippen LogP contribution in [0.4, 0.5) is 10.1 Å². The van der Waals surface area contributed by atoms with Crippen molar-refractivity contribution in [3.63, 3.8) is 0 Å². The Morgan fingerprint density at radius 2 is 2.00 bits per heavy atom. The summed E-state index contributed by atoms with van der Waals surface area (Å²) in [5.41, 5.74) is 13.1. The molecule has 1 aliphatic rings. The quantitative estimate of drug-likeness (QED) is 0.162. The zero-order valence-corrected chi connectivity index (χ0v) is 24.4. The highest BCUT2D eigenvalue weighted by atomic mass is 19.1. The van der Waals surface area contributed by atoms with Crippen LogP contribution in [0.3, 0.4) is 0 Å². The molecule has 0 radical (unpaired) electrons. The SMILES string of the molecule is C=C/C=C(\c1nc(C(=C)c2cc(C(/C=C(\C=C)CNCC3CCCC3)=C/C)cc(F)c2N)[nH]c1C)n1cnc(C)c1. The van der Waals surface area contributed by atoms with Gasteiger partial charge in [-0.1, -0.05) is 56.9 Å². The number of nitrogens with two attached hydrogens (primary N) is 1. The first-order valence-electron chi connectivity index (χ1n) is 14.1. The number of imidazole rings is 2. The summed E-state index contributed by atoms with van der Waals surface area (Å²) in [6, 6.07) is 3.34. The Morgan fingerprint density at radius 3 is 2.63 bits per heavy atom. The van der Waals surface area contributed by atoms with Gasteiger partial charge in [0.05, 0.1) is 23.4 Å². The smallest absolute Gasteiger partial charge is 0.147 e. The van der Waals surface area contributed by atoms with Gasteiger partial charge in [0.2, 0.25) is 0 Å². The average Bonchev–Trinajstić information content (AvgIpc) is 3.72. The molecule has 7 heteroatoms. The number of nitrogen functional groups attached to an aromatic ring is 1. The summed E-state index contributed by atoms with van der Waals surface area (Å²) in [6.45, 7) is 19.6. The maximum absolute atomic E-state index is 15.2. The molecule has 2 heterocycles. The van der Waals surface area contributed by atoms with E-state index < -0.39 is 5.82 Å². The van der Waals surface area contributed by atoms with Crippen molar-refractivity contribution in [3.05, 3.63) is 120 Å². The molecular formula is C34H41FN6. The van der Waals surface area contributed by atoms with Crippen molar-refractivity contribution in [2.75, 3.05) is 18.8 Å². The van der Waals surface area contributed by atoms with E-state index in [1.807, 2.05) is 61.9 Å². The number of aryl methyl sites for hydroxylation is 2. The van der Waals surface area contributed by atoms with Gasteiger partial charge in [-0.3, -0.25) is 0 Å². The minimum absolute atomic E-state index is 0.0306. The molecule has 4 rings (SSSR count). The first-order chi connectivity index (χ1) is 19.7. The Kier molecular flexibility index (Phi) is 9.73. The number of halogens is 1. The molecule has 1 aliphatic carbocycles. The average molecular weight is 553 g/mol. The predicted octanol–water partition coefficient (Wildman–Crippen LogP) is 7.38. The summed E-state index contributed by atoms with van der Waals surface area (Å²) in [4.78, 5) is 12.5. The maximum Gasteiger partial charge on any atom is 0.147 e. The van der Waals surface area contributed by atoms with Crippen LogP contribution in [0, 0.1) is 25.6 Å². The highest BCUT2D eigenvalue weighted by molar-refractivity contribution is 5.86. The molecule has 6 nitrogen and oxygen atoms in total. The van der Waals surface area contributed by atoms with Crippen LogP contribution in [-0.2, 0) is 0 Å². The zero-order valence-electron chi connectivity index (χ0n) is 24.4. The van der Waals surface area contributed by atoms with Gasteiger partial charge in [0, 0.05) is 29.6 Å². The molecule has 2 aromatic heterocycles. The van der Waals surface area contributed by atoms with E-state index in [0.717, 1.165) is 40.7 Å². The molecule has 0 atom stereocenters. The van der Waals surface area contributed by atoms with E-state index in [1.54, 1.807) is 12.4 Å². The Balaban J connectivity index is 1.62. The molecule has 0 spiro atoms. The third-order valence-electron chi connectivity index (χ3n) is 7.62. The number of hydrogen-bond acceptors (Lipinski definition) is 4. The lowest BCUT2D eigenvalue weighted by atomic mass is 9.96. The first-order valence-corrected chi connectivity index (χ1v) is 14.1. The second-order valence-electron chi connectivity index (χ2n) is 10.6. The number of nitrogens with one attached hydrogen (secondary N) is 2. The molecule has 214 valence electrons. The van der Waals surface area contributed by atoms with Gasteiger partial charge in [0.15, 0.2) is 0 Å². The summed E-state index contributed by atoms with van der Waals surface area (Å²) < 4.78 is 17.1. The van der Waals surface area contributed by atoms with E-state index in [4.69, 9.17) is 10.7 Å². The molecule has 41 heavy (non-hydrogen) atoms. The summed E-state index contributed by atoms with van der Waals surface area (Å²) in [5, 5.41) is 3.57. The van der Waals surface area contributed by atoms with Crippen LogP contribution in [0.1, 0.15) is 66.6 Å². The number of H-pyrrole nitrogens is 1. The lowest BCUT2D eigenvalue weighted by Crippen LogP contribution is -2.23. The molecule has 0 bridgehead atoms. The fraction of sp³-hybridized carbons (Fsp3) is 0.294. The van der Waals surface area contributed by atoms with E-state index in [1.165, 1.54) is 31.7 Å². The molecular weight excluding hydrogens is 511 g/mol. The molecule has 1 saturated carbocycles. The summed E-state index contributed by atoms with van der Waals surface area (Å²) in [6.07, 6.45) is 18.3. The third-order valence-corrected chi connectivity index (χ3v) is 7.62. The van der Waals surface area contributed by atoms with Gasteiger partial charge < -0.3 is 20.6 Å². The van der Waals surface area contributed by atoms with Crippen molar-refractivity contribution >= 4 is 22.5 Å². The lowest BCUT2D eigenvalue weighted by Gasteiger charge is -2.14. The molecule has 0 saturated heterocycles. The Morgan fingerprint density at radius 1 is 1.24 bits per heavy atom. The van der Waals surface area contributed by atoms with Crippen LogP contribution >= 0.6 is 0 Å². The van der Waals surface area contributed by atoms with Crippen molar-refractivity contribution in [1.29, 1.82) is 0 Å². The number of rotatable bonds is 12. The molecule has 4 N–H and O–H groups in total. The molecule has 0 unspecified atom stereocenters. The number of hydrogen-bond donors (Lipinski definition) is 3. The first kappa shape index (κ1) is 29.7. The van der Waals surface area contributed by atoms with Gasteiger partial charge >= 0.3 is 0 Å². The topological polar surface area (TPSA) is 84.5 Å².